The Morgan fingerprint density at radius 2 is 1.87 bits per heavy atom. The first-order valence-electron chi connectivity index (χ1n) is 9.17. The summed E-state index contributed by atoms with van der Waals surface area (Å²) in [6.07, 6.45) is 0. The number of hydrogen-bond donors (Lipinski definition) is 1. The molecular formula is C21H22Cl2N4O2S. The van der Waals surface area contributed by atoms with Gasteiger partial charge in [0, 0.05) is 21.1 Å². The van der Waals surface area contributed by atoms with E-state index in [0.29, 0.717) is 32.5 Å². The standard InChI is InChI=1S/C21H22Cl2N4O2S/c1-21(2,3)24-18(28)12-30-20-26-25-19(13-6-5-7-14(22)10-13)27(20)16-11-15(23)8-9-17(16)29-4/h5-11H,12H2,1-4H3,(H,24,28). The third kappa shape index (κ3) is 5.47. The quantitative estimate of drug-likeness (QED) is 0.504. The molecule has 9 heteroatoms. The highest BCUT2D eigenvalue weighted by Crippen LogP contribution is 2.34. The van der Waals surface area contributed by atoms with Gasteiger partial charge in [0.25, 0.3) is 0 Å². The molecule has 0 aliphatic carbocycles. The predicted molar refractivity (Wildman–Crippen MR) is 122 cm³/mol. The summed E-state index contributed by atoms with van der Waals surface area (Å²) in [5, 5.41) is 13.3. The van der Waals surface area contributed by atoms with Crippen molar-refractivity contribution in [3.63, 3.8) is 0 Å². The molecule has 3 aromatic rings. The Bertz CT molecular complexity index is 1060. The van der Waals surface area contributed by atoms with E-state index < -0.39 is 0 Å². The molecule has 0 saturated carbocycles. The van der Waals surface area contributed by atoms with Gasteiger partial charge in [-0.15, -0.1) is 10.2 Å². The van der Waals surface area contributed by atoms with Crippen LogP contribution in [0.2, 0.25) is 10.0 Å². The molecule has 2 aromatic carbocycles. The topological polar surface area (TPSA) is 69.0 Å². The number of ether oxygens (including phenoxy) is 1. The Labute approximate surface area is 189 Å². The summed E-state index contributed by atoms with van der Waals surface area (Å²) in [7, 11) is 1.58. The number of amides is 1. The van der Waals surface area contributed by atoms with Crippen molar-refractivity contribution in [3.8, 4) is 22.8 Å². The zero-order chi connectivity index (χ0) is 21.9. The second kappa shape index (κ2) is 9.29. The van der Waals surface area contributed by atoms with Crippen LogP contribution in [-0.2, 0) is 4.79 Å². The van der Waals surface area contributed by atoms with E-state index in [9.17, 15) is 4.79 Å². The zero-order valence-corrected chi connectivity index (χ0v) is 19.4. The SMILES string of the molecule is COc1ccc(Cl)cc1-n1c(SCC(=O)NC(C)(C)C)nnc1-c1cccc(Cl)c1. The largest absolute Gasteiger partial charge is 0.495 e. The highest BCUT2D eigenvalue weighted by atomic mass is 35.5. The van der Waals surface area contributed by atoms with Crippen molar-refractivity contribution in [2.75, 3.05) is 12.9 Å². The van der Waals surface area contributed by atoms with E-state index in [1.165, 1.54) is 11.8 Å². The Balaban J connectivity index is 2.06. The van der Waals surface area contributed by atoms with Gasteiger partial charge in [0.05, 0.1) is 18.6 Å². The number of carbonyl (C=O) groups excluding carboxylic acids is 1. The number of rotatable bonds is 6. The smallest absolute Gasteiger partial charge is 0.230 e. The van der Waals surface area contributed by atoms with Crippen molar-refractivity contribution in [1.82, 2.24) is 20.1 Å². The lowest BCUT2D eigenvalue weighted by atomic mass is 10.1. The number of benzene rings is 2. The van der Waals surface area contributed by atoms with Crippen LogP contribution in [0.5, 0.6) is 5.75 Å². The van der Waals surface area contributed by atoms with Crippen molar-refractivity contribution in [3.05, 3.63) is 52.5 Å². The summed E-state index contributed by atoms with van der Waals surface area (Å²) >= 11 is 13.7. The molecule has 0 unspecified atom stereocenters. The Morgan fingerprint density at radius 3 is 2.53 bits per heavy atom. The number of nitrogens with zero attached hydrogens (tertiary/aromatic N) is 3. The molecule has 1 N–H and O–H groups in total. The van der Waals surface area contributed by atoms with Gasteiger partial charge in [-0.05, 0) is 51.1 Å². The summed E-state index contributed by atoms with van der Waals surface area (Å²) < 4.78 is 7.36. The maximum Gasteiger partial charge on any atom is 0.230 e. The Kier molecular flexibility index (Phi) is 6.95. The molecule has 0 aliphatic heterocycles. The molecule has 0 radical (unpaired) electrons. The normalized spacial score (nSPS) is 11.4. The lowest BCUT2D eigenvalue weighted by molar-refractivity contribution is -0.119. The van der Waals surface area contributed by atoms with Crippen LogP contribution in [0.3, 0.4) is 0 Å². The lowest BCUT2D eigenvalue weighted by Crippen LogP contribution is -2.41. The van der Waals surface area contributed by atoms with Crippen molar-refractivity contribution in [2.45, 2.75) is 31.5 Å². The molecule has 0 atom stereocenters. The zero-order valence-electron chi connectivity index (χ0n) is 17.1. The molecule has 158 valence electrons. The average Bonchev–Trinajstić information content (AvgIpc) is 3.09. The predicted octanol–water partition coefficient (Wildman–Crippen LogP) is 5.26. The van der Waals surface area contributed by atoms with Crippen molar-refractivity contribution < 1.29 is 9.53 Å². The first-order chi connectivity index (χ1) is 14.2. The summed E-state index contributed by atoms with van der Waals surface area (Å²) in [6.45, 7) is 5.81. The van der Waals surface area contributed by atoms with Gasteiger partial charge in [-0.1, -0.05) is 47.1 Å². The second-order valence-electron chi connectivity index (χ2n) is 7.55. The fourth-order valence-corrected chi connectivity index (χ4v) is 3.92. The van der Waals surface area contributed by atoms with Crippen LogP contribution in [0.15, 0.2) is 47.6 Å². The Morgan fingerprint density at radius 1 is 1.13 bits per heavy atom. The number of carbonyl (C=O) groups is 1. The third-order valence-corrected chi connectivity index (χ3v) is 5.34. The van der Waals surface area contributed by atoms with Crippen LogP contribution in [0.25, 0.3) is 17.1 Å². The van der Waals surface area contributed by atoms with Gasteiger partial charge in [0.15, 0.2) is 11.0 Å². The van der Waals surface area contributed by atoms with E-state index in [2.05, 4.69) is 15.5 Å². The Hall–Kier alpha value is -2.22. The van der Waals surface area contributed by atoms with E-state index in [0.717, 1.165) is 5.56 Å². The lowest BCUT2D eigenvalue weighted by Gasteiger charge is -2.20. The highest BCUT2D eigenvalue weighted by Gasteiger charge is 2.21. The molecule has 0 spiro atoms. The van der Waals surface area contributed by atoms with E-state index >= 15 is 0 Å². The summed E-state index contributed by atoms with van der Waals surface area (Å²) in [5.41, 5.74) is 1.14. The minimum absolute atomic E-state index is 0.0931. The van der Waals surface area contributed by atoms with Gasteiger partial charge in [-0.25, -0.2) is 0 Å². The number of hydrogen-bond acceptors (Lipinski definition) is 5. The molecule has 1 aromatic heterocycles. The number of halogens is 2. The summed E-state index contributed by atoms with van der Waals surface area (Å²) in [5.74, 6) is 1.26. The molecule has 0 bridgehead atoms. The van der Waals surface area contributed by atoms with Crippen molar-refractivity contribution in [2.24, 2.45) is 0 Å². The fourth-order valence-electron chi connectivity index (χ4n) is 2.82. The van der Waals surface area contributed by atoms with Gasteiger partial charge < -0.3 is 10.1 Å². The van der Waals surface area contributed by atoms with E-state index in [1.807, 2.05) is 37.5 Å². The molecule has 6 nitrogen and oxygen atoms in total. The van der Waals surface area contributed by atoms with E-state index in [-0.39, 0.29) is 17.2 Å². The number of nitrogens with one attached hydrogen (secondary N) is 1. The first kappa shape index (κ1) is 22.5. The summed E-state index contributed by atoms with van der Waals surface area (Å²) in [6, 6.07) is 12.6. The van der Waals surface area contributed by atoms with Gasteiger partial charge in [-0.2, -0.15) is 0 Å². The van der Waals surface area contributed by atoms with Crippen LogP contribution in [0.4, 0.5) is 0 Å². The fraction of sp³-hybridized carbons (Fsp3) is 0.286. The van der Waals surface area contributed by atoms with Crippen LogP contribution in [-0.4, -0.2) is 39.1 Å². The van der Waals surface area contributed by atoms with E-state index in [1.54, 1.807) is 37.4 Å². The highest BCUT2D eigenvalue weighted by molar-refractivity contribution is 7.99. The number of thioether (sulfide) groups is 1. The van der Waals surface area contributed by atoms with Gasteiger partial charge >= 0.3 is 0 Å². The van der Waals surface area contributed by atoms with Gasteiger partial charge in [0.2, 0.25) is 5.91 Å². The maximum atomic E-state index is 12.3. The minimum atomic E-state index is -0.312. The molecule has 1 heterocycles. The molecule has 30 heavy (non-hydrogen) atoms. The monoisotopic (exact) mass is 464 g/mol. The van der Waals surface area contributed by atoms with Gasteiger partial charge in [-0.3, -0.25) is 9.36 Å². The number of methoxy groups -OCH3 is 1. The van der Waals surface area contributed by atoms with E-state index in [4.69, 9.17) is 27.9 Å². The third-order valence-electron chi connectivity index (χ3n) is 3.94. The molecule has 0 aliphatic rings. The van der Waals surface area contributed by atoms with Crippen LogP contribution >= 0.6 is 35.0 Å². The molecule has 1 amide bonds. The molecule has 0 fully saturated rings. The van der Waals surface area contributed by atoms with Gasteiger partial charge in [0.1, 0.15) is 5.75 Å². The van der Waals surface area contributed by atoms with Crippen LogP contribution in [0, 0.1) is 0 Å². The number of aromatic nitrogens is 3. The van der Waals surface area contributed by atoms with Crippen molar-refractivity contribution in [1.29, 1.82) is 0 Å². The molecule has 0 saturated heterocycles. The van der Waals surface area contributed by atoms with Crippen LogP contribution < -0.4 is 10.1 Å². The second-order valence-corrected chi connectivity index (χ2v) is 9.37. The molecule has 3 rings (SSSR count). The maximum absolute atomic E-state index is 12.3. The van der Waals surface area contributed by atoms with Crippen molar-refractivity contribution >= 4 is 40.9 Å². The minimum Gasteiger partial charge on any atom is -0.495 e. The first-order valence-corrected chi connectivity index (χ1v) is 10.9. The summed E-state index contributed by atoms with van der Waals surface area (Å²) in [4.78, 5) is 12.3. The molecular weight excluding hydrogens is 443 g/mol. The average molecular weight is 465 g/mol. The van der Waals surface area contributed by atoms with Crippen LogP contribution in [0.1, 0.15) is 20.8 Å².